The minimum atomic E-state index is -0.502. The van der Waals surface area contributed by atoms with Crippen LogP contribution < -0.4 is 16.4 Å². The van der Waals surface area contributed by atoms with Gasteiger partial charge in [0.15, 0.2) is 0 Å². The van der Waals surface area contributed by atoms with Crippen molar-refractivity contribution >= 4 is 23.2 Å². The molecule has 1 atom stereocenters. The van der Waals surface area contributed by atoms with E-state index in [1.807, 2.05) is 13.0 Å². The first kappa shape index (κ1) is 17.2. The molecule has 0 unspecified atom stereocenters. The molecule has 1 rings (SSSR count). The van der Waals surface area contributed by atoms with Gasteiger partial charge in [-0.3, -0.25) is 9.59 Å². The van der Waals surface area contributed by atoms with Crippen molar-refractivity contribution in [1.29, 1.82) is 0 Å². The summed E-state index contributed by atoms with van der Waals surface area (Å²) in [5.74, 6) is -0.244. The molecule has 0 aromatic heterocycles. The third-order valence-electron chi connectivity index (χ3n) is 3.39. The molecule has 0 aliphatic carbocycles. The van der Waals surface area contributed by atoms with Crippen molar-refractivity contribution in [3.8, 4) is 0 Å². The zero-order chi connectivity index (χ0) is 15.8. The highest BCUT2D eigenvalue weighted by molar-refractivity contribution is 5.97. The standard InChI is InChI=1S/C16H25N3O2/c1-4-6-8-12(17)16(21)19-14-10-7-9-13(11(14)3)18-15(20)5-2/h7,9-10,12H,4-6,8,17H2,1-3H3,(H,18,20)(H,19,21)/t12-/m0/s1. The third-order valence-corrected chi connectivity index (χ3v) is 3.39. The maximum Gasteiger partial charge on any atom is 0.241 e. The van der Waals surface area contributed by atoms with E-state index in [4.69, 9.17) is 5.73 Å². The molecule has 21 heavy (non-hydrogen) atoms. The number of hydrogen-bond acceptors (Lipinski definition) is 3. The van der Waals surface area contributed by atoms with Gasteiger partial charge in [0, 0.05) is 17.8 Å². The highest BCUT2D eigenvalue weighted by atomic mass is 16.2. The average molecular weight is 291 g/mol. The lowest BCUT2D eigenvalue weighted by atomic mass is 10.1. The Bertz CT molecular complexity index is 500. The van der Waals surface area contributed by atoms with Gasteiger partial charge in [-0.15, -0.1) is 0 Å². The predicted molar refractivity (Wildman–Crippen MR) is 86.2 cm³/mol. The molecule has 5 nitrogen and oxygen atoms in total. The number of hydrogen-bond donors (Lipinski definition) is 3. The number of nitrogens with one attached hydrogen (secondary N) is 2. The van der Waals surface area contributed by atoms with Crippen molar-refractivity contribution < 1.29 is 9.59 Å². The molecular weight excluding hydrogens is 266 g/mol. The fraction of sp³-hybridized carbons (Fsp3) is 0.500. The first-order valence-electron chi connectivity index (χ1n) is 7.45. The predicted octanol–water partition coefficient (Wildman–Crippen LogP) is 2.80. The Labute approximate surface area is 126 Å². The van der Waals surface area contributed by atoms with E-state index in [-0.39, 0.29) is 11.8 Å². The molecule has 0 spiro atoms. The van der Waals surface area contributed by atoms with Gasteiger partial charge in [-0.1, -0.05) is 32.8 Å². The minimum Gasteiger partial charge on any atom is -0.326 e. The van der Waals surface area contributed by atoms with E-state index in [2.05, 4.69) is 17.6 Å². The Morgan fingerprint density at radius 1 is 1.19 bits per heavy atom. The number of carbonyl (C=O) groups is 2. The van der Waals surface area contributed by atoms with Crippen LogP contribution in [0.15, 0.2) is 18.2 Å². The lowest BCUT2D eigenvalue weighted by Crippen LogP contribution is -2.35. The van der Waals surface area contributed by atoms with E-state index in [0.717, 1.165) is 18.4 Å². The van der Waals surface area contributed by atoms with Crippen molar-refractivity contribution in [2.45, 2.75) is 52.5 Å². The fourth-order valence-corrected chi connectivity index (χ4v) is 1.93. The number of rotatable bonds is 7. The van der Waals surface area contributed by atoms with Crippen LogP contribution in [0.3, 0.4) is 0 Å². The van der Waals surface area contributed by atoms with Crippen LogP contribution in [0, 0.1) is 6.92 Å². The monoisotopic (exact) mass is 291 g/mol. The summed E-state index contributed by atoms with van der Waals surface area (Å²) < 4.78 is 0. The Morgan fingerprint density at radius 3 is 2.38 bits per heavy atom. The summed E-state index contributed by atoms with van der Waals surface area (Å²) in [6.07, 6.45) is 3.03. The summed E-state index contributed by atoms with van der Waals surface area (Å²) in [6, 6.07) is 4.92. The van der Waals surface area contributed by atoms with E-state index in [9.17, 15) is 9.59 Å². The summed E-state index contributed by atoms with van der Waals surface area (Å²) in [5.41, 5.74) is 8.08. The zero-order valence-corrected chi connectivity index (χ0v) is 13.0. The van der Waals surface area contributed by atoms with Crippen molar-refractivity contribution in [2.75, 3.05) is 10.6 Å². The molecule has 0 aliphatic rings. The Balaban J connectivity index is 2.77. The van der Waals surface area contributed by atoms with Gasteiger partial charge in [0.1, 0.15) is 0 Å². The molecule has 4 N–H and O–H groups in total. The zero-order valence-electron chi connectivity index (χ0n) is 13.0. The largest absolute Gasteiger partial charge is 0.326 e. The van der Waals surface area contributed by atoms with Crippen LogP contribution in [0.2, 0.25) is 0 Å². The van der Waals surface area contributed by atoms with Gasteiger partial charge in [-0.25, -0.2) is 0 Å². The molecule has 5 heteroatoms. The van der Waals surface area contributed by atoms with E-state index in [1.54, 1.807) is 19.1 Å². The van der Waals surface area contributed by atoms with Crippen LogP contribution in [0.5, 0.6) is 0 Å². The highest BCUT2D eigenvalue weighted by Crippen LogP contribution is 2.23. The van der Waals surface area contributed by atoms with Gasteiger partial charge in [-0.05, 0) is 31.0 Å². The SMILES string of the molecule is CCCC[C@H](N)C(=O)Nc1cccc(NC(=O)CC)c1C. The van der Waals surface area contributed by atoms with Crippen LogP contribution in [0.1, 0.15) is 45.1 Å². The maximum absolute atomic E-state index is 12.0. The molecule has 1 aromatic carbocycles. The summed E-state index contributed by atoms with van der Waals surface area (Å²) in [7, 11) is 0. The van der Waals surface area contributed by atoms with E-state index >= 15 is 0 Å². The number of benzene rings is 1. The molecule has 0 radical (unpaired) electrons. The van der Waals surface area contributed by atoms with E-state index < -0.39 is 6.04 Å². The molecule has 2 amide bonds. The second-order valence-electron chi connectivity index (χ2n) is 5.12. The molecule has 0 bridgehead atoms. The highest BCUT2D eigenvalue weighted by Gasteiger charge is 2.15. The first-order valence-corrected chi connectivity index (χ1v) is 7.45. The quantitative estimate of drug-likeness (QED) is 0.722. The number of amides is 2. The Hall–Kier alpha value is -1.88. The topological polar surface area (TPSA) is 84.2 Å². The van der Waals surface area contributed by atoms with Gasteiger partial charge in [0.2, 0.25) is 11.8 Å². The molecule has 0 saturated carbocycles. The normalized spacial score (nSPS) is 11.8. The number of nitrogens with two attached hydrogens (primary N) is 1. The van der Waals surface area contributed by atoms with Crippen molar-refractivity contribution in [3.63, 3.8) is 0 Å². The van der Waals surface area contributed by atoms with Crippen molar-refractivity contribution in [3.05, 3.63) is 23.8 Å². The van der Waals surface area contributed by atoms with Crippen LogP contribution in [-0.2, 0) is 9.59 Å². The van der Waals surface area contributed by atoms with Crippen LogP contribution in [0.4, 0.5) is 11.4 Å². The van der Waals surface area contributed by atoms with Crippen molar-refractivity contribution in [1.82, 2.24) is 0 Å². The molecule has 0 fully saturated rings. The lowest BCUT2D eigenvalue weighted by molar-refractivity contribution is -0.117. The van der Waals surface area contributed by atoms with E-state index in [1.165, 1.54) is 0 Å². The summed E-state index contributed by atoms with van der Waals surface area (Å²) in [5, 5.41) is 5.65. The number of unbranched alkanes of at least 4 members (excludes halogenated alkanes) is 1. The number of carbonyl (C=O) groups excluding carboxylic acids is 2. The first-order chi connectivity index (χ1) is 9.99. The van der Waals surface area contributed by atoms with E-state index in [0.29, 0.717) is 24.2 Å². The lowest BCUT2D eigenvalue weighted by Gasteiger charge is -2.15. The summed E-state index contributed by atoms with van der Waals surface area (Å²) in [6.45, 7) is 5.72. The molecule has 1 aromatic rings. The molecule has 0 saturated heterocycles. The molecule has 0 aliphatic heterocycles. The van der Waals surface area contributed by atoms with Crippen LogP contribution in [0.25, 0.3) is 0 Å². The molecule has 116 valence electrons. The van der Waals surface area contributed by atoms with Crippen LogP contribution >= 0.6 is 0 Å². The second kappa shape index (κ2) is 8.42. The van der Waals surface area contributed by atoms with Gasteiger partial charge in [0.25, 0.3) is 0 Å². The molecular formula is C16H25N3O2. The minimum absolute atomic E-state index is 0.0544. The second-order valence-corrected chi connectivity index (χ2v) is 5.12. The summed E-state index contributed by atoms with van der Waals surface area (Å²) >= 11 is 0. The molecule has 0 heterocycles. The third kappa shape index (κ3) is 5.19. The van der Waals surface area contributed by atoms with Gasteiger partial charge in [0.05, 0.1) is 6.04 Å². The maximum atomic E-state index is 12.0. The number of anilines is 2. The Morgan fingerprint density at radius 2 is 1.81 bits per heavy atom. The smallest absolute Gasteiger partial charge is 0.241 e. The van der Waals surface area contributed by atoms with Crippen LogP contribution in [-0.4, -0.2) is 17.9 Å². The Kier molecular flexibility index (Phi) is 6.88. The van der Waals surface area contributed by atoms with Gasteiger partial charge in [-0.2, -0.15) is 0 Å². The fourth-order valence-electron chi connectivity index (χ4n) is 1.93. The van der Waals surface area contributed by atoms with Gasteiger partial charge >= 0.3 is 0 Å². The summed E-state index contributed by atoms with van der Waals surface area (Å²) in [4.78, 5) is 23.5. The average Bonchev–Trinajstić information content (AvgIpc) is 2.48. The van der Waals surface area contributed by atoms with Crippen molar-refractivity contribution in [2.24, 2.45) is 5.73 Å². The van der Waals surface area contributed by atoms with Gasteiger partial charge < -0.3 is 16.4 Å².